The van der Waals surface area contributed by atoms with Gasteiger partial charge in [0.15, 0.2) is 0 Å². The predicted octanol–water partition coefficient (Wildman–Crippen LogP) is 4.88. The van der Waals surface area contributed by atoms with Gasteiger partial charge in [-0.1, -0.05) is 42.5 Å². The number of hydrogen-bond donors (Lipinski definition) is 1. The van der Waals surface area contributed by atoms with Crippen LogP contribution in [0.4, 0.5) is 11.4 Å². The smallest absolute Gasteiger partial charge is 0.337 e. The van der Waals surface area contributed by atoms with Gasteiger partial charge in [-0.2, -0.15) is 0 Å². The average molecular weight is 303 g/mol. The van der Waals surface area contributed by atoms with Crippen LogP contribution in [0.5, 0.6) is 0 Å². The van der Waals surface area contributed by atoms with Crippen molar-refractivity contribution in [3.8, 4) is 11.1 Å². The third kappa shape index (κ3) is 3.58. The number of nitrogens with one attached hydrogen (secondary N) is 1. The van der Waals surface area contributed by atoms with Crippen LogP contribution in [0.3, 0.4) is 0 Å². The SMILES string of the molecule is COC(=O)c1ccc(Nc2ccc(-c3ccccc3)cc2)cc1. The summed E-state index contributed by atoms with van der Waals surface area (Å²) >= 11 is 0. The zero-order valence-corrected chi connectivity index (χ0v) is 12.8. The van der Waals surface area contributed by atoms with E-state index < -0.39 is 0 Å². The number of benzene rings is 3. The summed E-state index contributed by atoms with van der Waals surface area (Å²) in [6, 6.07) is 25.7. The first kappa shape index (κ1) is 14.9. The molecule has 114 valence electrons. The van der Waals surface area contributed by atoms with Gasteiger partial charge in [-0.3, -0.25) is 0 Å². The minimum atomic E-state index is -0.330. The van der Waals surface area contributed by atoms with E-state index in [0.717, 1.165) is 11.4 Å². The predicted molar refractivity (Wildman–Crippen MR) is 92.9 cm³/mol. The molecule has 0 radical (unpaired) electrons. The Morgan fingerprint density at radius 2 is 1.26 bits per heavy atom. The zero-order chi connectivity index (χ0) is 16.1. The fourth-order valence-electron chi connectivity index (χ4n) is 2.35. The summed E-state index contributed by atoms with van der Waals surface area (Å²) in [7, 11) is 1.38. The Balaban J connectivity index is 1.72. The molecule has 0 spiro atoms. The topological polar surface area (TPSA) is 38.3 Å². The van der Waals surface area contributed by atoms with Gasteiger partial charge in [-0.25, -0.2) is 4.79 Å². The van der Waals surface area contributed by atoms with Crippen LogP contribution in [0.2, 0.25) is 0 Å². The Bertz CT molecular complexity index is 778. The van der Waals surface area contributed by atoms with Crippen molar-refractivity contribution in [3.05, 3.63) is 84.4 Å². The van der Waals surface area contributed by atoms with Gasteiger partial charge in [0.25, 0.3) is 0 Å². The number of rotatable bonds is 4. The van der Waals surface area contributed by atoms with Crippen LogP contribution >= 0.6 is 0 Å². The molecule has 0 bridgehead atoms. The molecule has 3 nitrogen and oxygen atoms in total. The summed E-state index contributed by atoms with van der Waals surface area (Å²) in [5.74, 6) is -0.330. The number of ether oxygens (including phenoxy) is 1. The number of anilines is 2. The summed E-state index contributed by atoms with van der Waals surface area (Å²) in [5.41, 5.74) is 4.83. The van der Waals surface area contributed by atoms with E-state index in [-0.39, 0.29) is 5.97 Å². The van der Waals surface area contributed by atoms with Gasteiger partial charge >= 0.3 is 5.97 Å². The lowest BCUT2D eigenvalue weighted by atomic mass is 10.1. The van der Waals surface area contributed by atoms with Crippen LogP contribution in [0.15, 0.2) is 78.9 Å². The maximum absolute atomic E-state index is 11.4. The van der Waals surface area contributed by atoms with Gasteiger partial charge in [-0.15, -0.1) is 0 Å². The van der Waals surface area contributed by atoms with Crippen molar-refractivity contribution in [2.75, 3.05) is 12.4 Å². The molecule has 0 fully saturated rings. The zero-order valence-electron chi connectivity index (χ0n) is 12.8. The summed E-state index contributed by atoms with van der Waals surface area (Å²) < 4.78 is 4.69. The molecule has 0 amide bonds. The molecule has 1 N–H and O–H groups in total. The number of methoxy groups -OCH3 is 1. The van der Waals surface area contributed by atoms with Gasteiger partial charge in [0.2, 0.25) is 0 Å². The molecule has 0 aliphatic heterocycles. The molecule has 0 saturated carbocycles. The van der Waals surface area contributed by atoms with Gasteiger partial charge in [-0.05, 0) is 47.5 Å². The standard InChI is InChI=1S/C20H17NO2/c1-23-20(22)17-9-13-19(14-10-17)21-18-11-7-16(8-12-18)15-5-3-2-4-6-15/h2-14,21H,1H3. The lowest BCUT2D eigenvalue weighted by Crippen LogP contribution is -2.00. The molecule has 0 aromatic heterocycles. The third-order valence-corrected chi connectivity index (χ3v) is 3.59. The van der Waals surface area contributed by atoms with E-state index in [1.165, 1.54) is 18.2 Å². The van der Waals surface area contributed by atoms with Gasteiger partial charge in [0, 0.05) is 11.4 Å². The van der Waals surface area contributed by atoms with E-state index >= 15 is 0 Å². The Morgan fingerprint density at radius 1 is 0.739 bits per heavy atom. The van der Waals surface area contributed by atoms with Crippen molar-refractivity contribution in [3.63, 3.8) is 0 Å². The van der Waals surface area contributed by atoms with E-state index in [4.69, 9.17) is 4.74 Å². The largest absolute Gasteiger partial charge is 0.465 e. The second-order valence-corrected chi connectivity index (χ2v) is 5.14. The van der Waals surface area contributed by atoms with Crippen LogP contribution in [0, 0.1) is 0 Å². The molecule has 3 aromatic carbocycles. The van der Waals surface area contributed by atoms with Crippen LogP contribution in [-0.2, 0) is 4.74 Å². The summed E-state index contributed by atoms with van der Waals surface area (Å²) in [6.07, 6.45) is 0. The van der Waals surface area contributed by atoms with Crippen molar-refractivity contribution in [1.29, 1.82) is 0 Å². The fraction of sp³-hybridized carbons (Fsp3) is 0.0500. The van der Waals surface area contributed by atoms with Crippen LogP contribution in [0.25, 0.3) is 11.1 Å². The molecule has 3 heteroatoms. The Kier molecular flexibility index (Phi) is 4.39. The van der Waals surface area contributed by atoms with Crippen LogP contribution in [0.1, 0.15) is 10.4 Å². The number of hydrogen-bond acceptors (Lipinski definition) is 3. The quantitative estimate of drug-likeness (QED) is 0.698. The molecule has 0 aliphatic rings. The minimum absolute atomic E-state index is 0.330. The summed E-state index contributed by atoms with van der Waals surface area (Å²) in [5, 5.41) is 3.31. The Labute approximate surface area is 135 Å². The van der Waals surface area contributed by atoms with Crippen LogP contribution < -0.4 is 5.32 Å². The molecule has 0 saturated heterocycles. The van der Waals surface area contributed by atoms with Crippen molar-refractivity contribution in [1.82, 2.24) is 0 Å². The maximum Gasteiger partial charge on any atom is 0.337 e. The van der Waals surface area contributed by atoms with Crippen LogP contribution in [-0.4, -0.2) is 13.1 Å². The van der Waals surface area contributed by atoms with Gasteiger partial charge in [0.1, 0.15) is 0 Å². The lowest BCUT2D eigenvalue weighted by molar-refractivity contribution is 0.0601. The van der Waals surface area contributed by atoms with Gasteiger partial charge < -0.3 is 10.1 Å². The highest BCUT2D eigenvalue weighted by Crippen LogP contribution is 2.23. The first-order valence-corrected chi connectivity index (χ1v) is 7.37. The molecule has 0 atom stereocenters. The highest BCUT2D eigenvalue weighted by molar-refractivity contribution is 5.89. The molecule has 23 heavy (non-hydrogen) atoms. The van der Waals surface area contributed by atoms with Crippen molar-refractivity contribution < 1.29 is 9.53 Å². The van der Waals surface area contributed by atoms with E-state index in [2.05, 4.69) is 29.6 Å². The van der Waals surface area contributed by atoms with Gasteiger partial charge in [0.05, 0.1) is 12.7 Å². The fourth-order valence-corrected chi connectivity index (χ4v) is 2.35. The van der Waals surface area contributed by atoms with Crippen molar-refractivity contribution in [2.45, 2.75) is 0 Å². The molecular formula is C20H17NO2. The molecule has 0 aliphatic carbocycles. The van der Waals surface area contributed by atoms with Crippen molar-refractivity contribution >= 4 is 17.3 Å². The number of carbonyl (C=O) groups excluding carboxylic acids is 1. The molecule has 3 rings (SSSR count). The second kappa shape index (κ2) is 6.79. The normalized spacial score (nSPS) is 10.1. The molecule has 0 heterocycles. The monoisotopic (exact) mass is 303 g/mol. The maximum atomic E-state index is 11.4. The average Bonchev–Trinajstić information content (AvgIpc) is 2.63. The van der Waals surface area contributed by atoms with E-state index in [0.29, 0.717) is 5.56 Å². The highest BCUT2D eigenvalue weighted by atomic mass is 16.5. The molecule has 3 aromatic rings. The summed E-state index contributed by atoms with van der Waals surface area (Å²) in [4.78, 5) is 11.4. The summed E-state index contributed by atoms with van der Waals surface area (Å²) in [6.45, 7) is 0. The first-order chi connectivity index (χ1) is 11.3. The Hall–Kier alpha value is -3.07. The highest BCUT2D eigenvalue weighted by Gasteiger charge is 2.04. The minimum Gasteiger partial charge on any atom is -0.465 e. The number of carbonyl (C=O) groups is 1. The number of esters is 1. The molecular weight excluding hydrogens is 286 g/mol. The first-order valence-electron chi connectivity index (χ1n) is 7.37. The lowest BCUT2D eigenvalue weighted by Gasteiger charge is -2.08. The van der Waals surface area contributed by atoms with E-state index in [1.807, 2.05) is 42.5 Å². The van der Waals surface area contributed by atoms with E-state index in [9.17, 15) is 4.79 Å². The Morgan fingerprint density at radius 3 is 1.83 bits per heavy atom. The van der Waals surface area contributed by atoms with Crippen molar-refractivity contribution in [2.24, 2.45) is 0 Å². The second-order valence-electron chi connectivity index (χ2n) is 5.14. The van der Waals surface area contributed by atoms with E-state index in [1.54, 1.807) is 12.1 Å². The molecule has 0 unspecified atom stereocenters. The third-order valence-electron chi connectivity index (χ3n) is 3.59.